The molecule has 0 aliphatic heterocycles. The fourth-order valence-corrected chi connectivity index (χ4v) is 3.89. The summed E-state index contributed by atoms with van der Waals surface area (Å²) in [6, 6.07) is 21.1. The van der Waals surface area contributed by atoms with Gasteiger partial charge < -0.3 is 0 Å². The number of aromatic nitrogens is 3. The van der Waals surface area contributed by atoms with E-state index in [4.69, 9.17) is 0 Å². The fraction of sp³-hybridized carbons (Fsp3) is 0.100. The van der Waals surface area contributed by atoms with Crippen LogP contribution in [0, 0.1) is 12.7 Å². The average Bonchev–Trinajstić information content (AvgIpc) is 3.01. The minimum absolute atomic E-state index is 0.251. The Morgan fingerprint density at radius 2 is 1.68 bits per heavy atom. The number of nitrogens with zero attached hydrogens (tertiary/aromatic N) is 3. The molecule has 5 heteroatoms. The molecule has 0 bridgehead atoms. The van der Waals surface area contributed by atoms with Crippen molar-refractivity contribution in [1.29, 1.82) is 0 Å². The molecule has 0 unspecified atom stereocenters. The van der Waals surface area contributed by atoms with Gasteiger partial charge in [-0.2, -0.15) is 0 Å². The molecule has 4 rings (SSSR count). The molecule has 0 radical (unpaired) electrons. The number of benzene rings is 3. The van der Waals surface area contributed by atoms with Gasteiger partial charge >= 0.3 is 0 Å². The summed E-state index contributed by atoms with van der Waals surface area (Å²) in [4.78, 5) is 0. The third-order valence-electron chi connectivity index (χ3n) is 4.12. The van der Waals surface area contributed by atoms with E-state index in [2.05, 4.69) is 46.6 Å². The van der Waals surface area contributed by atoms with E-state index in [1.165, 1.54) is 28.5 Å². The molecule has 0 spiro atoms. The first-order valence-electron chi connectivity index (χ1n) is 8.00. The Morgan fingerprint density at radius 3 is 2.52 bits per heavy atom. The van der Waals surface area contributed by atoms with Crippen molar-refractivity contribution in [3.05, 3.63) is 83.9 Å². The number of hydrogen-bond donors (Lipinski definition) is 0. The van der Waals surface area contributed by atoms with Gasteiger partial charge in [-0.25, -0.2) is 4.39 Å². The highest BCUT2D eigenvalue weighted by Gasteiger charge is 2.12. The molecule has 0 aliphatic rings. The molecule has 124 valence electrons. The van der Waals surface area contributed by atoms with Crippen LogP contribution in [0.15, 0.2) is 71.9 Å². The van der Waals surface area contributed by atoms with Gasteiger partial charge in [0, 0.05) is 11.4 Å². The smallest absolute Gasteiger partial charge is 0.196 e. The van der Waals surface area contributed by atoms with Gasteiger partial charge in [0.15, 0.2) is 5.16 Å². The van der Waals surface area contributed by atoms with Gasteiger partial charge in [-0.15, -0.1) is 10.2 Å². The highest BCUT2D eigenvalue weighted by atomic mass is 32.2. The fourth-order valence-electron chi connectivity index (χ4n) is 2.88. The van der Waals surface area contributed by atoms with E-state index in [1.54, 1.807) is 23.9 Å². The zero-order valence-corrected chi connectivity index (χ0v) is 14.5. The molecular formula is C20H16FN3S. The lowest BCUT2D eigenvalue weighted by atomic mass is 10.1. The van der Waals surface area contributed by atoms with E-state index in [1.807, 2.05) is 17.6 Å². The molecule has 3 aromatic carbocycles. The Labute approximate surface area is 149 Å². The molecule has 0 amide bonds. The van der Waals surface area contributed by atoms with E-state index < -0.39 is 0 Å². The van der Waals surface area contributed by atoms with Crippen LogP contribution in [0.1, 0.15) is 11.4 Å². The van der Waals surface area contributed by atoms with Crippen molar-refractivity contribution >= 4 is 22.5 Å². The lowest BCUT2D eigenvalue weighted by Crippen LogP contribution is -1.99. The maximum Gasteiger partial charge on any atom is 0.196 e. The van der Waals surface area contributed by atoms with Gasteiger partial charge in [-0.1, -0.05) is 54.2 Å². The van der Waals surface area contributed by atoms with Gasteiger partial charge in [0.1, 0.15) is 11.6 Å². The normalized spacial score (nSPS) is 11.1. The Bertz CT molecular complexity index is 1020. The number of hydrogen-bond acceptors (Lipinski definition) is 3. The Hall–Kier alpha value is -2.66. The maximum absolute atomic E-state index is 13.2. The van der Waals surface area contributed by atoms with Crippen molar-refractivity contribution in [2.75, 3.05) is 0 Å². The zero-order chi connectivity index (χ0) is 17.2. The molecule has 25 heavy (non-hydrogen) atoms. The van der Waals surface area contributed by atoms with Crippen LogP contribution in [0.3, 0.4) is 0 Å². The second-order valence-corrected chi connectivity index (χ2v) is 6.71. The zero-order valence-electron chi connectivity index (χ0n) is 13.7. The largest absolute Gasteiger partial charge is 0.274 e. The minimum Gasteiger partial charge on any atom is -0.274 e. The molecule has 0 fully saturated rings. The summed E-state index contributed by atoms with van der Waals surface area (Å²) < 4.78 is 15.2. The first kappa shape index (κ1) is 15.8. The molecule has 3 nitrogen and oxygen atoms in total. The van der Waals surface area contributed by atoms with Crippen molar-refractivity contribution in [2.45, 2.75) is 17.8 Å². The Morgan fingerprint density at radius 1 is 0.920 bits per heavy atom. The summed E-state index contributed by atoms with van der Waals surface area (Å²) in [5.41, 5.74) is 2.12. The van der Waals surface area contributed by atoms with Crippen LogP contribution in [0.25, 0.3) is 16.5 Å². The molecule has 1 aromatic heterocycles. The van der Waals surface area contributed by atoms with Crippen LogP contribution in [-0.2, 0) is 5.75 Å². The Balaban J connectivity index is 1.65. The molecule has 0 saturated carbocycles. The van der Waals surface area contributed by atoms with Crippen molar-refractivity contribution in [3.63, 3.8) is 0 Å². The molecule has 1 heterocycles. The van der Waals surface area contributed by atoms with Gasteiger partial charge in [0.2, 0.25) is 0 Å². The predicted octanol–water partition coefficient (Wildman–Crippen LogP) is 5.16. The van der Waals surface area contributed by atoms with Gasteiger partial charge in [-0.05, 0) is 47.5 Å². The minimum atomic E-state index is -0.251. The van der Waals surface area contributed by atoms with Crippen molar-refractivity contribution in [2.24, 2.45) is 0 Å². The predicted molar refractivity (Wildman–Crippen MR) is 99.6 cm³/mol. The molecule has 0 N–H and O–H groups in total. The topological polar surface area (TPSA) is 30.7 Å². The maximum atomic E-state index is 13.2. The van der Waals surface area contributed by atoms with E-state index >= 15 is 0 Å². The summed E-state index contributed by atoms with van der Waals surface area (Å²) in [5, 5.41) is 11.8. The number of aryl methyl sites for hydroxylation is 1. The molecular weight excluding hydrogens is 333 g/mol. The van der Waals surface area contributed by atoms with Crippen LogP contribution in [0.5, 0.6) is 0 Å². The Kier molecular flexibility index (Phi) is 4.24. The monoisotopic (exact) mass is 349 g/mol. The van der Waals surface area contributed by atoms with Crippen LogP contribution in [-0.4, -0.2) is 14.8 Å². The lowest BCUT2D eigenvalue weighted by molar-refractivity contribution is 0.627. The molecule has 0 aliphatic carbocycles. The molecule has 4 aromatic rings. The van der Waals surface area contributed by atoms with E-state index in [-0.39, 0.29) is 5.82 Å². The third kappa shape index (κ3) is 3.15. The first-order chi connectivity index (χ1) is 12.2. The molecule has 0 atom stereocenters. The van der Waals surface area contributed by atoms with Gasteiger partial charge in [-0.3, -0.25) is 4.57 Å². The number of thioether (sulfide) groups is 1. The van der Waals surface area contributed by atoms with Crippen LogP contribution < -0.4 is 0 Å². The van der Waals surface area contributed by atoms with Crippen molar-refractivity contribution < 1.29 is 4.39 Å². The second-order valence-electron chi connectivity index (χ2n) is 5.77. The van der Waals surface area contributed by atoms with Crippen molar-refractivity contribution in [1.82, 2.24) is 14.8 Å². The number of fused-ring (bicyclic) bond motifs is 1. The lowest BCUT2D eigenvalue weighted by Gasteiger charge is -2.09. The highest BCUT2D eigenvalue weighted by Crippen LogP contribution is 2.28. The van der Waals surface area contributed by atoms with E-state index in [9.17, 15) is 4.39 Å². The van der Waals surface area contributed by atoms with Crippen LogP contribution in [0.2, 0.25) is 0 Å². The summed E-state index contributed by atoms with van der Waals surface area (Å²) in [7, 11) is 0. The summed E-state index contributed by atoms with van der Waals surface area (Å²) in [6.45, 7) is 1.90. The van der Waals surface area contributed by atoms with E-state index in [0.29, 0.717) is 0 Å². The van der Waals surface area contributed by atoms with Gasteiger partial charge in [0.25, 0.3) is 0 Å². The number of rotatable bonds is 4. The quantitative estimate of drug-likeness (QED) is 0.477. The highest BCUT2D eigenvalue weighted by molar-refractivity contribution is 7.98. The molecule has 0 saturated heterocycles. The summed E-state index contributed by atoms with van der Waals surface area (Å²) in [5.74, 6) is 1.33. The third-order valence-corrected chi connectivity index (χ3v) is 5.09. The van der Waals surface area contributed by atoms with E-state index in [0.717, 1.165) is 22.4 Å². The standard InChI is InChI=1S/C20H16FN3S/c1-14-22-23-20(24(14)18-11-9-17(21)10-12-18)25-13-16-7-4-6-15-5-2-3-8-19(15)16/h2-12H,13H2,1H3. The number of halogens is 1. The van der Waals surface area contributed by atoms with Crippen LogP contribution in [0.4, 0.5) is 4.39 Å². The SMILES string of the molecule is Cc1nnc(SCc2cccc3ccccc23)n1-c1ccc(F)cc1. The van der Waals surface area contributed by atoms with Crippen LogP contribution >= 0.6 is 11.8 Å². The first-order valence-corrected chi connectivity index (χ1v) is 8.98. The average molecular weight is 349 g/mol. The van der Waals surface area contributed by atoms with Crippen molar-refractivity contribution in [3.8, 4) is 5.69 Å². The summed E-state index contributed by atoms with van der Waals surface area (Å²) in [6.07, 6.45) is 0. The summed E-state index contributed by atoms with van der Waals surface area (Å²) >= 11 is 1.63. The van der Waals surface area contributed by atoms with Gasteiger partial charge in [0.05, 0.1) is 0 Å². The second kappa shape index (κ2) is 6.69.